The molecule has 0 radical (unpaired) electrons. The molecule has 5 rings (SSSR count). The van der Waals surface area contributed by atoms with Crippen molar-refractivity contribution in [2.75, 3.05) is 6.61 Å². The Labute approximate surface area is 218 Å². The monoisotopic (exact) mass is 512 g/mol. The van der Waals surface area contributed by atoms with Gasteiger partial charge in [0.25, 0.3) is 0 Å². The molecule has 1 aromatic heterocycles. The van der Waals surface area contributed by atoms with Crippen LogP contribution in [0.25, 0.3) is 11.1 Å². The van der Waals surface area contributed by atoms with E-state index in [4.69, 9.17) is 4.74 Å². The number of rotatable bonds is 8. The summed E-state index contributed by atoms with van der Waals surface area (Å²) in [6, 6.07) is 21.7. The highest BCUT2D eigenvalue weighted by Gasteiger charge is 2.30. The van der Waals surface area contributed by atoms with E-state index in [1.165, 1.54) is 30.5 Å². The molecule has 1 aliphatic carbocycles. The number of hydrogen-bond donors (Lipinski definition) is 2. The second kappa shape index (κ2) is 10.3. The predicted octanol–water partition coefficient (Wildman–Crippen LogP) is 4.93. The Hall–Kier alpha value is -4.72. The second-order valence-electron chi connectivity index (χ2n) is 9.20. The van der Waals surface area contributed by atoms with Crippen LogP contribution in [0.1, 0.15) is 38.7 Å². The minimum atomic E-state index is -1.30. The number of ketones is 1. The quantitative estimate of drug-likeness (QED) is 0.326. The lowest BCUT2D eigenvalue weighted by Crippen LogP contribution is -2.43. The van der Waals surface area contributed by atoms with E-state index in [9.17, 15) is 23.9 Å². The van der Waals surface area contributed by atoms with E-state index in [0.717, 1.165) is 22.3 Å². The fourth-order valence-corrected chi connectivity index (χ4v) is 4.93. The molecule has 1 unspecified atom stereocenters. The molecule has 38 heavy (non-hydrogen) atoms. The van der Waals surface area contributed by atoms with E-state index >= 15 is 0 Å². The van der Waals surface area contributed by atoms with Crippen molar-refractivity contribution in [3.05, 3.63) is 119 Å². The summed E-state index contributed by atoms with van der Waals surface area (Å²) in [6.45, 7) is 0.0532. The van der Waals surface area contributed by atoms with Crippen molar-refractivity contribution < 1.29 is 28.6 Å². The number of aryl methyl sites for hydroxylation is 1. The molecule has 192 valence electrons. The normalized spacial score (nSPS) is 12.9. The highest BCUT2D eigenvalue weighted by atomic mass is 19.1. The number of hydrogen-bond acceptors (Lipinski definition) is 4. The summed E-state index contributed by atoms with van der Waals surface area (Å²) in [6.07, 6.45) is 0.563. The molecule has 0 aliphatic heterocycles. The van der Waals surface area contributed by atoms with E-state index in [1.54, 1.807) is 17.7 Å². The van der Waals surface area contributed by atoms with Gasteiger partial charge in [-0.2, -0.15) is 0 Å². The summed E-state index contributed by atoms with van der Waals surface area (Å²) in [5.74, 6) is -2.55. The van der Waals surface area contributed by atoms with E-state index in [1.807, 2.05) is 48.5 Å². The molecule has 1 aliphatic rings. The van der Waals surface area contributed by atoms with Crippen molar-refractivity contribution >= 4 is 17.8 Å². The number of carboxylic acids is 1. The number of nitrogens with zero attached hydrogens (tertiary/aromatic N) is 1. The van der Waals surface area contributed by atoms with Gasteiger partial charge >= 0.3 is 12.1 Å². The van der Waals surface area contributed by atoms with Crippen LogP contribution in [-0.4, -0.2) is 40.2 Å². The zero-order valence-electron chi connectivity index (χ0n) is 20.6. The highest BCUT2D eigenvalue weighted by Crippen LogP contribution is 2.44. The smallest absolute Gasteiger partial charge is 0.407 e. The van der Waals surface area contributed by atoms with Gasteiger partial charge in [0.1, 0.15) is 18.5 Å². The largest absolute Gasteiger partial charge is 0.480 e. The van der Waals surface area contributed by atoms with E-state index in [-0.39, 0.29) is 30.1 Å². The molecule has 3 aromatic carbocycles. The lowest BCUT2D eigenvalue weighted by Gasteiger charge is -2.17. The molecule has 7 nitrogen and oxygen atoms in total. The maximum absolute atomic E-state index is 14.1. The molecular weight excluding hydrogens is 487 g/mol. The average Bonchev–Trinajstić information content (AvgIpc) is 3.44. The molecule has 0 spiro atoms. The number of amides is 1. The van der Waals surface area contributed by atoms with Crippen LogP contribution in [0.3, 0.4) is 0 Å². The number of halogens is 1. The number of carbonyl (C=O) groups excluding carboxylic acids is 2. The van der Waals surface area contributed by atoms with Crippen LogP contribution in [0.15, 0.2) is 85.1 Å². The van der Waals surface area contributed by atoms with Crippen molar-refractivity contribution in [2.45, 2.75) is 18.4 Å². The Kier molecular flexibility index (Phi) is 6.79. The maximum atomic E-state index is 14.1. The summed E-state index contributed by atoms with van der Waals surface area (Å²) in [5, 5.41) is 12.2. The van der Waals surface area contributed by atoms with Crippen LogP contribution in [-0.2, 0) is 23.0 Å². The average molecular weight is 513 g/mol. The van der Waals surface area contributed by atoms with Crippen molar-refractivity contribution in [1.82, 2.24) is 9.88 Å². The van der Waals surface area contributed by atoms with Gasteiger partial charge in [0, 0.05) is 36.8 Å². The Morgan fingerprint density at radius 2 is 1.58 bits per heavy atom. The summed E-state index contributed by atoms with van der Waals surface area (Å²) < 4.78 is 21.1. The van der Waals surface area contributed by atoms with Gasteiger partial charge in [-0.3, -0.25) is 4.79 Å². The number of ether oxygens (including phenoxy) is 1. The topological polar surface area (TPSA) is 97.6 Å². The standard InChI is InChI=1S/C30H25FN2O5/c1-33-16-18(28(34)24-12-6-7-13-26(24)31)14-19(33)15-27(29(35)36)32-30(37)38-17-25-22-10-4-2-8-20(22)21-9-3-5-11-23(21)25/h2-14,16,25,27H,15,17H2,1H3,(H,32,37)(H,35,36). The molecule has 8 heteroatoms. The molecule has 1 heterocycles. The number of fused-ring (bicyclic) bond motifs is 3. The predicted molar refractivity (Wildman–Crippen MR) is 139 cm³/mol. The van der Waals surface area contributed by atoms with Crippen LogP contribution >= 0.6 is 0 Å². The van der Waals surface area contributed by atoms with E-state index in [0.29, 0.717) is 5.69 Å². The van der Waals surface area contributed by atoms with Crippen LogP contribution in [0.5, 0.6) is 0 Å². The Bertz CT molecular complexity index is 1500. The fourth-order valence-electron chi connectivity index (χ4n) is 4.93. The molecule has 1 amide bonds. The lowest BCUT2D eigenvalue weighted by atomic mass is 9.98. The van der Waals surface area contributed by atoms with Crippen molar-refractivity contribution in [3.63, 3.8) is 0 Å². The summed E-state index contributed by atoms with van der Waals surface area (Å²) in [7, 11) is 1.65. The molecule has 0 fully saturated rings. The molecule has 4 aromatic rings. The molecule has 0 bridgehead atoms. The van der Waals surface area contributed by atoms with E-state index in [2.05, 4.69) is 5.32 Å². The van der Waals surface area contributed by atoms with Crippen molar-refractivity contribution in [2.24, 2.45) is 7.05 Å². The second-order valence-corrected chi connectivity index (χ2v) is 9.20. The third-order valence-electron chi connectivity index (χ3n) is 6.84. The Balaban J connectivity index is 1.26. The molecule has 2 N–H and O–H groups in total. The first-order chi connectivity index (χ1) is 18.3. The van der Waals surface area contributed by atoms with Gasteiger partial charge in [-0.25, -0.2) is 14.0 Å². The van der Waals surface area contributed by atoms with Crippen molar-refractivity contribution in [1.29, 1.82) is 0 Å². The van der Waals surface area contributed by atoms with Crippen LogP contribution in [0.2, 0.25) is 0 Å². The number of aromatic nitrogens is 1. The number of alkyl carbamates (subject to hydrolysis) is 1. The lowest BCUT2D eigenvalue weighted by molar-refractivity contribution is -0.139. The molecule has 1 atom stereocenters. The Morgan fingerprint density at radius 1 is 0.974 bits per heavy atom. The van der Waals surface area contributed by atoms with E-state index < -0.39 is 29.7 Å². The fraction of sp³-hybridized carbons (Fsp3) is 0.167. The number of nitrogens with one attached hydrogen (secondary N) is 1. The third kappa shape index (κ3) is 4.80. The molecule has 0 saturated heterocycles. The summed E-state index contributed by atoms with van der Waals surface area (Å²) >= 11 is 0. The first-order valence-electron chi connectivity index (χ1n) is 12.1. The summed E-state index contributed by atoms with van der Waals surface area (Å²) in [4.78, 5) is 37.4. The number of benzene rings is 3. The first-order valence-corrected chi connectivity index (χ1v) is 12.1. The van der Waals surface area contributed by atoms with Crippen LogP contribution in [0.4, 0.5) is 9.18 Å². The summed E-state index contributed by atoms with van der Waals surface area (Å²) in [5.41, 5.74) is 4.90. The molecular formula is C30H25FN2O5. The van der Waals surface area contributed by atoms with Crippen LogP contribution < -0.4 is 5.32 Å². The zero-order chi connectivity index (χ0) is 26.8. The van der Waals surface area contributed by atoms with Gasteiger partial charge in [0.2, 0.25) is 0 Å². The van der Waals surface area contributed by atoms with Gasteiger partial charge in [-0.15, -0.1) is 0 Å². The van der Waals surface area contributed by atoms with Gasteiger partial charge in [-0.1, -0.05) is 60.7 Å². The van der Waals surface area contributed by atoms with Crippen molar-refractivity contribution in [3.8, 4) is 11.1 Å². The Morgan fingerprint density at radius 3 is 2.21 bits per heavy atom. The molecule has 0 saturated carbocycles. The minimum absolute atomic E-state index is 0.0532. The maximum Gasteiger partial charge on any atom is 0.407 e. The third-order valence-corrected chi connectivity index (χ3v) is 6.84. The first kappa shape index (κ1) is 25.0. The minimum Gasteiger partial charge on any atom is -0.480 e. The highest BCUT2D eigenvalue weighted by molar-refractivity contribution is 6.09. The SMILES string of the molecule is Cn1cc(C(=O)c2ccccc2F)cc1CC(NC(=O)OCC1c2ccccc2-c2ccccc21)C(=O)O. The van der Waals surface area contributed by atoms with Gasteiger partial charge < -0.3 is 19.7 Å². The van der Waals surface area contributed by atoms with Gasteiger partial charge in [-0.05, 0) is 40.5 Å². The van der Waals surface area contributed by atoms with Gasteiger partial charge in [0.05, 0.1) is 5.56 Å². The number of aliphatic carboxylic acids is 1. The van der Waals surface area contributed by atoms with Gasteiger partial charge in [0.15, 0.2) is 5.78 Å². The number of carbonyl (C=O) groups is 3. The zero-order valence-corrected chi connectivity index (χ0v) is 20.6. The van der Waals surface area contributed by atoms with Crippen LogP contribution in [0, 0.1) is 5.82 Å². The number of carboxylic acid groups (broad SMARTS) is 1.